The second kappa shape index (κ2) is 12.0. The van der Waals surface area contributed by atoms with Crippen molar-refractivity contribution < 1.29 is 19.1 Å². The van der Waals surface area contributed by atoms with Crippen LogP contribution in [0.15, 0.2) is 72.8 Å². The molecule has 0 saturated heterocycles. The second-order valence-corrected chi connectivity index (χ2v) is 11.9. The van der Waals surface area contributed by atoms with Crippen LogP contribution in [0.1, 0.15) is 91.8 Å². The third-order valence-electron chi connectivity index (χ3n) is 9.15. The quantitative estimate of drug-likeness (QED) is 0.174. The number of benzene rings is 4. The minimum Gasteiger partial charge on any atom is -0.465 e. The maximum absolute atomic E-state index is 13.2. The van der Waals surface area contributed by atoms with Crippen LogP contribution < -0.4 is 4.74 Å². The molecule has 216 valence electrons. The predicted molar refractivity (Wildman–Crippen MR) is 169 cm³/mol. The van der Waals surface area contributed by atoms with Gasteiger partial charge < -0.3 is 9.47 Å². The Morgan fingerprint density at radius 3 is 1.48 bits per heavy atom. The lowest BCUT2D eigenvalue weighted by Crippen LogP contribution is -2.31. The SMILES string of the molecule is COC(=O)c1ccc(-c2ccc(C(=O)Oc3c(C)cc(C4(c5cc(C)c(C)c(C)c5)CCCCC4)cc3C)cc2)cc1. The van der Waals surface area contributed by atoms with Gasteiger partial charge in [0, 0.05) is 5.41 Å². The lowest BCUT2D eigenvalue weighted by Gasteiger charge is -2.40. The van der Waals surface area contributed by atoms with Crippen LogP contribution in [0, 0.1) is 34.6 Å². The number of hydrogen-bond donors (Lipinski definition) is 0. The molecule has 0 heterocycles. The Bertz CT molecular complexity index is 1580. The fourth-order valence-corrected chi connectivity index (χ4v) is 6.47. The van der Waals surface area contributed by atoms with Gasteiger partial charge in [-0.3, -0.25) is 0 Å². The van der Waals surface area contributed by atoms with Crippen molar-refractivity contribution in [2.24, 2.45) is 0 Å². The summed E-state index contributed by atoms with van der Waals surface area (Å²) in [5, 5.41) is 0. The van der Waals surface area contributed by atoms with Gasteiger partial charge in [0.15, 0.2) is 0 Å². The van der Waals surface area contributed by atoms with E-state index in [1.165, 1.54) is 54.2 Å². The largest absolute Gasteiger partial charge is 0.465 e. The molecule has 4 aromatic carbocycles. The highest BCUT2D eigenvalue weighted by molar-refractivity contribution is 5.92. The van der Waals surface area contributed by atoms with Gasteiger partial charge in [0.05, 0.1) is 18.2 Å². The van der Waals surface area contributed by atoms with Crippen molar-refractivity contribution in [3.05, 3.63) is 123 Å². The number of carbonyl (C=O) groups excluding carboxylic acids is 2. The molecule has 0 aromatic heterocycles. The van der Waals surface area contributed by atoms with Crippen LogP contribution in [-0.4, -0.2) is 19.0 Å². The monoisotopic (exact) mass is 560 g/mol. The van der Waals surface area contributed by atoms with Crippen molar-refractivity contribution in [3.8, 4) is 16.9 Å². The maximum atomic E-state index is 13.2. The van der Waals surface area contributed by atoms with Crippen molar-refractivity contribution in [2.75, 3.05) is 7.11 Å². The van der Waals surface area contributed by atoms with Crippen molar-refractivity contribution in [2.45, 2.75) is 72.1 Å². The minimum absolute atomic E-state index is 0.0234. The first-order chi connectivity index (χ1) is 20.1. The molecule has 0 atom stereocenters. The van der Waals surface area contributed by atoms with Gasteiger partial charge in [0.1, 0.15) is 5.75 Å². The van der Waals surface area contributed by atoms with Crippen molar-refractivity contribution in [1.82, 2.24) is 0 Å². The van der Waals surface area contributed by atoms with Gasteiger partial charge in [-0.2, -0.15) is 0 Å². The summed E-state index contributed by atoms with van der Waals surface area (Å²) in [6, 6.07) is 23.8. The molecule has 42 heavy (non-hydrogen) atoms. The molecule has 1 aliphatic carbocycles. The third kappa shape index (κ3) is 5.63. The zero-order chi connectivity index (χ0) is 30.0. The summed E-state index contributed by atoms with van der Waals surface area (Å²) in [4.78, 5) is 24.9. The number of hydrogen-bond acceptors (Lipinski definition) is 4. The molecule has 0 aliphatic heterocycles. The van der Waals surface area contributed by atoms with Gasteiger partial charge in [0.2, 0.25) is 0 Å². The molecular weight excluding hydrogens is 520 g/mol. The Labute approximate surface area is 249 Å². The second-order valence-electron chi connectivity index (χ2n) is 11.9. The summed E-state index contributed by atoms with van der Waals surface area (Å²) in [5.41, 5.74) is 11.6. The summed E-state index contributed by atoms with van der Waals surface area (Å²) >= 11 is 0. The van der Waals surface area contributed by atoms with E-state index < -0.39 is 0 Å². The Morgan fingerprint density at radius 1 is 0.595 bits per heavy atom. The highest BCUT2D eigenvalue weighted by atomic mass is 16.5. The average Bonchev–Trinajstić information content (AvgIpc) is 3.01. The first kappa shape index (κ1) is 29.3. The van der Waals surface area contributed by atoms with Crippen LogP contribution in [-0.2, 0) is 10.2 Å². The van der Waals surface area contributed by atoms with Crippen LogP contribution in [0.3, 0.4) is 0 Å². The summed E-state index contributed by atoms with van der Waals surface area (Å²) in [5.74, 6) is -0.111. The molecule has 4 aromatic rings. The molecule has 0 amide bonds. The van der Waals surface area contributed by atoms with Gasteiger partial charge in [-0.25, -0.2) is 9.59 Å². The molecule has 5 rings (SSSR count). The summed E-state index contributed by atoms with van der Waals surface area (Å²) in [7, 11) is 1.37. The van der Waals surface area contributed by atoms with E-state index in [9.17, 15) is 9.59 Å². The predicted octanol–water partition coefficient (Wildman–Crippen LogP) is 9.15. The molecule has 0 spiro atoms. The zero-order valence-electron chi connectivity index (χ0n) is 25.6. The van der Waals surface area contributed by atoms with Crippen LogP contribution in [0.2, 0.25) is 0 Å². The summed E-state index contributed by atoms with van der Waals surface area (Å²) in [6.07, 6.45) is 5.96. The van der Waals surface area contributed by atoms with Gasteiger partial charge >= 0.3 is 11.9 Å². The molecule has 4 heteroatoms. The fourth-order valence-electron chi connectivity index (χ4n) is 6.47. The summed E-state index contributed by atoms with van der Waals surface area (Å²) < 4.78 is 10.8. The number of ether oxygens (including phenoxy) is 2. The van der Waals surface area contributed by atoms with Gasteiger partial charge in [-0.05, 0) is 122 Å². The molecule has 0 radical (unpaired) electrons. The average molecular weight is 561 g/mol. The molecule has 0 unspecified atom stereocenters. The maximum Gasteiger partial charge on any atom is 0.343 e. The highest BCUT2D eigenvalue weighted by Gasteiger charge is 2.37. The smallest absolute Gasteiger partial charge is 0.343 e. The van der Waals surface area contributed by atoms with Crippen molar-refractivity contribution in [3.63, 3.8) is 0 Å². The number of esters is 2. The van der Waals surface area contributed by atoms with Crippen LogP contribution in [0.25, 0.3) is 11.1 Å². The van der Waals surface area contributed by atoms with Crippen LogP contribution in [0.4, 0.5) is 0 Å². The van der Waals surface area contributed by atoms with E-state index in [-0.39, 0.29) is 17.4 Å². The van der Waals surface area contributed by atoms with E-state index in [4.69, 9.17) is 9.47 Å². The Kier molecular flexibility index (Phi) is 8.36. The third-order valence-corrected chi connectivity index (χ3v) is 9.15. The summed E-state index contributed by atoms with van der Waals surface area (Å²) in [6.45, 7) is 10.7. The fraction of sp³-hybridized carbons (Fsp3) is 0.316. The Balaban J connectivity index is 1.39. The van der Waals surface area contributed by atoms with E-state index in [1.54, 1.807) is 24.3 Å². The lowest BCUT2D eigenvalue weighted by molar-refractivity contribution is 0.0600. The van der Waals surface area contributed by atoms with Crippen LogP contribution in [0.5, 0.6) is 5.75 Å². The van der Waals surface area contributed by atoms with E-state index in [1.807, 2.05) is 38.1 Å². The number of aryl methyl sites for hydroxylation is 4. The standard InChI is InChI=1S/C38H40O4/c1-24-20-33(21-25(2)28(24)5)38(18-8-7-9-19-38)34-22-26(3)35(27(4)23-34)42-37(40)32-16-12-30(13-17-32)29-10-14-31(15-11-29)36(39)41-6/h10-17,20-23H,7-9,18-19H2,1-6H3. The van der Waals surface area contributed by atoms with E-state index in [2.05, 4.69) is 45.0 Å². The minimum atomic E-state index is -0.376. The van der Waals surface area contributed by atoms with E-state index in [0.717, 1.165) is 35.1 Å². The van der Waals surface area contributed by atoms with Gasteiger partial charge in [0.25, 0.3) is 0 Å². The number of carbonyl (C=O) groups is 2. The Hall–Kier alpha value is -4.18. The van der Waals surface area contributed by atoms with Crippen molar-refractivity contribution in [1.29, 1.82) is 0 Å². The van der Waals surface area contributed by atoms with E-state index in [0.29, 0.717) is 16.9 Å². The normalized spacial score (nSPS) is 14.3. The lowest BCUT2D eigenvalue weighted by atomic mass is 9.64. The zero-order valence-corrected chi connectivity index (χ0v) is 25.6. The molecule has 1 saturated carbocycles. The molecule has 0 bridgehead atoms. The first-order valence-electron chi connectivity index (χ1n) is 14.8. The van der Waals surface area contributed by atoms with Crippen molar-refractivity contribution >= 4 is 11.9 Å². The van der Waals surface area contributed by atoms with Gasteiger partial charge in [-0.1, -0.05) is 67.8 Å². The molecule has 1 aliphatic rings. The Morgan fingerprint density at radius 2 is 1.02 bits per heavy atom. The number of rotatable bonds is 6. The van der Waals surface area contributed by atoms with Gasteiger partial charge in [-0.15, -0.1) is 0 Å². The topological polar surface area (TPSA) is 52.6 Å². The molecule has 1 fully saturated rings. The highest BCUT2D eigenvalue weighted by Crippen LogP contribution is 2.47. The van der Waals surface area contributed by atoms with E-state index >= 15 is 0 Å². The molecular formula is C38H40O4. The van der Waals surface area contributed by atoms with Crippen LogP contribution >= 0.6 is 0 Å². The molecule has 0 N–H and O–H groups in total. The first-order valence-corrected chi connectivity index (χ1v) is 14.8. The molecule has 4 nitrogen and oxygen atoms in total. The number of methoxy groups -OCH3 is 1.